The molecule has 1 aromatic carbocycles. The Balaban J connectivity index is 1.58. The van der Waals surface area contributed by atoms with Crippen LogP contribution >= 0.6 is 11.6 Å². The van der Waals surface area contributed by atoms with Crippen LogP contribution in [0, 0.1) is 25.2 Å². The third-order valence-corrected chi connectivity index (χ3v) is 4.99. The minimum absolute atomic E-state index is 0.0978. The molecular formula is C21H20ClN5O2. The van der Waals surface area contributed by atoms with Gasteiger partial charge in [-0.3, -0.25) is 9.59 Å². The molecule has 7 nitrogen and oxygen atoms in total. The van der Waals surface area contributed by atoms with E-state index in [1.807, 2.05) is 24.4 Å². The number of benzene rings is 1. The van der Waals surface area contributed by atoms with Crippen molar-refractivity contribution in [2.75, 3.05) is 0 Å². The number of halogens is 1. The molecule has 0 aliphatic rings. The predicted octanol–water partition coefficient (Wildman–Crippen LogP) is 2.95. The van der Waals surface area contributed by atoms with Crippen LogP contribution in [0.5, 0.6) is 0 Å². The van der Waals surface area contributed by atoms with Crippen molar-refractivity contribution in [1.29, 1.82) is 5.26 Å². The molecule has 0 aliphatic carbocycles. The number of carbonyl (C=O) groups is 1. The van der Waals surface area contributed by atoms with Crippen LogP contribution in [0.4, 0.5) is 0 Å². The largest absolute Gasteiger partial charge is 0.352 e. The van der Waals surface area contributed by atoms with E-state index in [0.29, 0.717) is 29.2 Å². The summed E-state index contributed by atoms with van der Waals surface area (Å²) in [5, 5.41) is 17.0. The van der Waals surface area contributed by atoms with Gasteiger partial charge in [0.2, 0.25) is 5.91 Å². The molecule has 2 heterocycles. The van der Waals surface area contributed by atoms with Gasteiger partial charge in [-0.05, 0) is 55.7 Å². The van der Waals surface area contributed by atoms with Gasteiger partial charge >= 0.3 is 0 Å². The smallest absolute Gasteiger partial charge is 0.266 e. The van der Waals surface area contributed by atoms with Crippen molar-refractivity contribution in [3.63, 3.8) is 0 Å². The van der Waals surface area contributed by atoms with E-state index in [0.717, 1.165) is 16.8 Å². The number of amides is 1. The average Bonchev–Trinajstić information content (AvgIpc) is 3.16. The van der Waals surface area contributed by atoms with Gasteiger partial charge in [-0.2, -0.15) is 10.4 Å². The lowest BCUT2D eigenvalue weighted by Gasteiger charge is -2.10. The van der Waals surface area contributed by atoms with E-state index in [1.165, 1.54) is 0 Å². The molecule has 3 rings (SSSR count). The van der Waals surface area contributed by atoms with Crippen molar-refractivity contribution in [2.24, 2.45) is 0 Å². The van der Waals surface area contributed by atoms with Crippen molar-refractivity contribution in [3.8, 4) is 11.8 Å². The Hall–Kier alpha value is -3.37. The predicted molar refractivity (Wildman–Crippen MR) is 110 cm³/mol. The highest BCUT2D eigenvalue weighted by Gasteiger charge is 2.13. The maximum Gasteiger partial charge on any atom is 0.266 e. The second kappa shape index (κ2) is 8.76. The van der Waals surface area contributed by atoms with E-state index in [9.17, 15) is 9.59 Å². The number of aromatic nitrogens is 3. The molecule has 0 bridgehead atoms. The summed E-state index contributed by atoms with van der Waals surface area (Å²) in [7, 11) is 0. The first-order valence-corrected chi connectivity index (χ1v) is 9.45. The van der Waals surface area contributed by atoms with Crippen molar-refractivity contribution in [1.82, 2.24) is 20.1 Å². The number of H-pyrrole nitrogens is 1. The van der Waals surface area contributed by atoms with E-state index < -0.39 is 5.56 Å². The maximum atomic E-state index is 12.3. The number of pyridine rings is 1. The summed E-state index contributed by atoms with van der Waals surface area (Å²) in [6.45, 7) is 3.87. The van der Waals surface area contributed by atoms with Crippen LogP contribution < -0.4 is 10.9 Å². The van der Waals surface area contributed by atoms with Gasteiger partial charge in [-0.15, -0.1) is 0 Å². The molecule has 8 heteroatoms. The first kappa shape index (κ1) is 20.4. The SMILES string of the molecule is Cc1[nH]c(=O)c(C#N)c(C)c1CCC(=O)NCc1cnn(-c2ccc(Cl)cc2)c1. The Morgan fingerprint density at radius 1 is 1.31 bits per heavy atom. The Labute approximate surface area is 172 Å². The Morgan fingerprint density at radius 2 is 2.03 bits per heavy atom. The van der Waals surface area contributed by atoms with Crippen LogP contribution in [-0.2, 0) is 17.8 Å². The number of rotatable bonds is 6. The van der Waals surface area contributed by atoms with Gasteiger partial charge in [0, 0.05) is 35.4 Å². The third kappa shape index (κ3) is 4.73. The number of carbonyl (C=O) groups excluding carboxylic acids is 1. The first-order valence-electron chi connectivity index (χ1n) is 9.07. The van der Waals surface area contributed by atoms with Crippen LogP contribution in [0.15, 0.2) is 41.5 Å². The zero-order chi connectivity index (χ0) is 21.0. The fraction of sp³-hybridized carbons (Fsp3) is 0.238. The highest BCUT2D eigenvalue weighted by atomic mass is 35.5. The standard InChI is InChI=1S/C21H20ClN5O2/c1-13-18(14(2)26-21(29)19(13)9-23)7-8-20(28)24-10-15-11-25-27(12-15)17-5-3-16(22)4-6-17/h3-6,11-12H,7-8,10H2,1-2H3,(H,24,28)(H,26,29). The highest BCUT2D eigenvalue weighted by Crippen LogP contribution is 2.15. The molecule has 0 spiro atoms. The second-order valence-corrected chi connectivity index (χ2v) is 7.15. The second-order valence-electron chi connectivity index (χ2n) is 6.72. The quantitative estimate of drug-likeness (QED) is 0.653. The molecule has 0 fully saturated rings. The Morgan fingerprint density at radius 3 is 2.72 bits per heavy atom. The molecule has 2 aromatic heterocycles. The number of hydrogen-bond acceptors (Lipinski definition) is 4. The summed E-state index contributed by atoms with van der Waals surface area (Å²) in [4.78, 5) is 26.7. The van der Waals surface area contributed by atoms with Gasteiger partial charge < -0.3 is 10.3 Å². The van der Waals surface area contributed by atoms with Crippen LogP contribution in [0.1, 0.15) is 34.4 Å². The molecule has 148 valence electrons. The zero-order valence-corrected chi connectivity index (χ0v) is 16.9. The minimum Gasteiger partial charge on any atom is -0.352 e. The number of hydrogen-bond donors (Lipinski definition) is 2. The lowest BCUT2D eigenvalue weighted by atomic mass is 9.99. The normalized spacial score (nSPS) is 10.6. The topological polar surface area (TPSA) is 104 Å². The van der Waals surface area contributed by atoms with E-state index in [4.69, 9.17) is 16.9 Å². The van der Waals surface area contributed by atoms with Crippen LogP contribution in [0.25, 0.3) is 5.69 Å². The molecule has 0 unspecified atom stereocenters. The Kier molecular flexibility index (Phi) is 6.15. The van der Waals surface area contributed by atoms with Gasteiger partial charge in [0.1, 0.15) is 11.6 Å². The number of nitriles is 1. The van der Waals surface area contributed by atoms with Gasteiger partial charge in [0.05, 0.1) is 11.9 Å². The van der Waals surface area contributed by atoms with E-state index in [-0.39, 0.29) is 17.9 Å². The number of nitrogens with one attached hydrogen (secondary N) is 2. The van der Waals surface area contributed by atoms with Crippen molar-refractivity contribution in [3.05, 3.63) is 80.0 Å². The maximum absolute atomic E-state index is 12.3. The van der Waals surface area contributed by atoms with Crippen LogP contribution in [0.2, 0.25) is 5.02 Å². The molecule has 0 saturated carbocycles. The van der Waals surface area contributed by atoms with E-state index >= 15 is 0 Å². The zero-order valence-electron chi connectivity index (χ0n) is 16.1. The van der Waals surface area contributed by atoms with E-state index in [1.54, 1.807) is 36.9 Å². The first-order chi connectivity index (χ1) is 13.9. The van der Waals surface area contributed by atoms with Gasteiger partial charge in [-0.25, -0.2) is 4.68 Å². The summed E-state index contributed by atoms with van der Waals surface area (Å²) >= 11 is 5.90. The summed E-state index contributed by atoms with van der Waals surface area (Å²) < 4.78 is 1.72. The number of nitrogens with zero attached hydrogens (tertiary/aromatic N) is 3. The third-order valence-electron chi connectivity index (χ3n) is 4.74. The average molecular weight is 410 g/mol. The van der Waals surface area contributed by atoms with Crippen molar-refractivity contribution >= 4 is 17.5 Å². The molecule has 0 saturated heterocycles. The molecule has 0 aliphatic heterocycles. The fourth-order valence-corrected chi connectivity index (χ4v) is 3.26. The van der Waals surface area contributed by atoms with Crippen LogP contribution in [-0.4, -0.2) is 20.7 Å². The number of aromatic amines is 1. The summed E-state index contributed by atoms with van der Waals surface area (Å²) in [5.41, 5.74) is 3.59. The summed E-state index contributed by atoms with van der Waals surface area (Å²) in [5.74, 6) is -0.118. The molecule has 2 N–H and O–H groups in total. The van der Waals surface area contributed by atoms with Gasteiger partial charge in [0.25, 0.3) is 5.56 Å². The lowest BCUT2D eigenvalue weighted by molar-refractivity contribution is -0.121. The van der Waals surface area contributed by atoms with Gasteiger partial charge in [-0.1, -0.05) is 11.6 Å². The summed E-state index contributed by atoms with van der Waals surface area (Å²) in [6.07, 6.45) is 4.24. The molecular weight excluding hydrogens is 390 g/mol. The molecule has 0 atom stereocenters. The Bertz CT molecular complexity index is 1140. The molecule has 3 aromatic rings. The summed E-state index contributed by atoms with van der Waals surface area (Å²) in [6, 6.07) is 9.23. The molecule has 29 heavy (non-hydrogen) atoms. The van der Waals surface area contributed by atoms with Crippen molar-refractivity contribution in [2.45, 2.75) is 33.2 Å². The lowest BCUT2D eigenvalue weighted by Crippen LogP contribution is -2.24. The highest BCUT2D eigenvalue weighted by molar-refractivity contribution is 6.30. The molecule has 0 radical (unpaired) electrons. The van der Waals surface area contributed by atoms with Gasteiger partial charge in [0.15, 0.2) is 0 Å². The fourth-order valence-electron chi connectivity index (χ4n) is 3.13. The number of aryl methyl sites for hydroxylation is 1. The van der Waals surface area contributed by atoms with Crippen molar-refractivity contribution < 1.29 is 4.79 Å². The molecule has 1 amide bonds. The minimum atomic E-state index is -0.395. The monoisotopic (exact) mass is 409 g/mol. The van der Waals surface area contributed by atoms with E-state index in [2.05, 4.69) is 15.4 Å². The van der Waals surface area contributed by atoms with Crippen LogP contribution in [0.3, 0.4) is 0 Å².